The Kier molecular flexibility index (Phi) is 5.38. The van der Waals surface area contributed by atoms with Crippen molar-refractivity contribution in [3.63, 3.8) is 0 Å². The maximum absolute atomic E-state index is 5.78. The van der Waals surface area contributed by atoms with E-state index >= 15 is 0 Å². The van der Waals surface area contributed by atoms with Crippen LogP contribution in [0, 0.1) is 13.8 Å². The van der Waals surface area contributed by atoms with E-state index in [2.05, 4.69) is 10.5 Å². The fourth-order valence-corrected chi connectivity index (χ4v) is 2.31. The second-order valence-corrected chi connectivity index (χ2v) is 5.75. The highest BCUT2D eigenvalue weighted by Gasteiger charge is 2.21. The molecule has 0 radical (unpaired) electrons. The summed E-state index contributed by atoms with van der Waals surface area (Å²) in [5, 5.41) is 4.30. The Hall–Kier alpha value is -2.08. The van der Waals surface area contributed by atoms with E-state index in [0.29, 0.717) is 0 Å². The van der Waals surface area contributed by atoms with E-state index in [-0.39, 0.29) is 11.0 Å². The number of hydrogen-bond donors (Lipinski definition) is 2. The Balaban J connectivity index is 2.12. The van der Waals surface area contributed by atoms with Gasteiger partial charge < -0.3 is 14.6 Å². The first-order valence-corrected chi connectivity index (χ1v) is 7.58. The van der Waals surface area contributed by atoms with Crippen LogP contribution in [0.25, 0.3) is 0 Å². The van der Waals surface area contributed by atoms with Crippen LogP contribution < -0.4 is 11.2 Å². The molecule has 0 aromatic carbocycles. The zero-order valence-electron chi connectivity index (χ0n) is 13.1. The monoisotopic (exact) mass is 319 g/mol. The molecule has 22 heavy (non-hydrogen) atoms. The first-order chi connectivity index (χ1) is 10.5. The molecule has 0 aliphatic rings. The van der Waals surface area contributed by atoms with Crippen molar-refractivity contribution in [2.75, 3.05) is 0 Å². The molecule has 0 unspecified atom stereocenters. The molecule has 2 rings (SSSR count). The lowest BCUT2D eigenvalue weighted by Gasteiger charge is -2.12. The fourth-order valence-electron chi connectivity index (χ4n) is 2.27. The minimum absolute atomic E-state index is 0.0670. The van der Waals surface area contributed by atoms with E-state index < -0.39 is 0 Å². The molecule has 0 aliphatic heterocycles. The summed E-state index contributed by atoms with van der Waals surface area (Å²) in [5.41, 5.74) is 8.90. The van der Waals surface area contributed by atoms with Crippen molar-refractivity contribution >= 4 is 23.0 Å². The highest BCUT2D eigenvalue weighted by molar-refractivity contribution is 7.80. The van der Waals surface area contributed by atoms with Crippen LogP contribution in [0.5, 0.6) is 0 Å². The maximum atomic E-state index is 5.78. The molecule has 0 amide bonds. The maximum Gasteiger partial charge on any atom is 0.184 e. The highest BCUT2D eigenvalue weighted by Crippen LogP contribution is 2.31. The lowest BCUT2D eigenvalue weighted by atomic mass is 9.96. The molecule has 5 nitrogen and oxygen atoms in total. The minimum atomic E-state index is 0.0670. The molecule has 0 bridgehead atoms. The average Bonchev–Trinajstić information content (AvgIpc) is 3.06. The van der Waals surface area contributed by atoms with Crippen LogP contribution in [0.1, 0.15) is 48.7 Å². The van der Waals surface area contributed by atoms with Crippen LogP contribution in [0.4, 0.5) is 0 Å². The second kappa shape index (κ2) is 7.26. The van der Waals surface area contributed by atoms with E-state index in [0.717, 1.165) is 41.6 Å². The summed E-state index contributed by atoms with van der Waals surface area (Å²) in [6, 6.07) is 7.93. The molecule has 0 aliphatic carbocycles. The van der Waals surface area contributed by atoms with Gasteiger partial charge in [-0.15, -0.1) is 0 Å². The van der Waals surface area contributed by atoms with E-state index in [1.807, 2.05) is 45.0 Å². The van der Waals surface area contributed by atoms with E-state index in [9.17, 15) is 0 Å². The molecule has 3 N–H and O–H groups in total. The smallest absolute Gasteiger partial charge is 0.184 e. The quantitative estimate of drug-likeness (QED) is 0.483. The largest absolute Gasteiger partial charge is 0.466 e. The van der Waals surface area contributed by atoms with Crippen LogP contribution in [0.3, 0.4) is 0 Å². The molecule has 2 aromatic rings. The number of hydrazone groups is 1. The number of aryl methyl sites for hydroxylation is 2. The van der Waals surface area contributed by atoms with Crippen LogP contribution in [0.15, 0.2) is 38.2 Å². The third-order valence-corrected chi connectivity index (χ3v) is 3.45. The van der Waals surface area contributed by atoms with Gasteiger partial charge in [-0.25, -0.2) is 0 Å². The van der Waals surface area contributed by atoms with Crippen molar-refractivity contribution in [2.45, 2.75) is 39.5 Å². The molecular weight excluding hydrogens is 298 g/mol. The van der Waals surface area contributed by atoms with Crippen LogP contribution in [-0.4, -0.2) is 10.8 Å². The topological polar surface area (TPSA) is 76.7 Å². The number of thiocarbonyl (C=S) groups is 1. The van der Waals surface area contributed by atoms with E-state index in [1.165, 1.54) is 0 Å². The Morgan fingerprint density at radius 3 is 2.14 bits per heavy atom. The summed E-state index contributed by atoms with van der Waals surface area (Å²) in [7, 11) is 0. The van der Waals surface area contributed by atoms with Gasteiger partial charge in [-0.3, -0.25) is 5.43 Å². The van der Waals surface area contributed by atoms with Gasteiger partial charge >= 0.3 is 0 Å². The number of nitrogens with two attached hydrogens (primary N) is 1. The Morgan fingerprint density at radius 1 is 1.18 bits per heavy atom. The van der Waals surface area contributed by atoms with E-state index in [4.69, 9.17) is 26.8 Å². The molecule has 0 saturated carbocycles. The summed E-state index contributed by atoms with van der Waals surface area (Å²) in [6.45, 7) is 5.81. The molecule has 2 heterocycles. The average molecular weight is 319 g/mol. The summed E-state index contributed by atoms with van der Waals surface area (Å²) in [4.78, 5) is 0. The summed E-state index contributed by atoms with van der Waals surface area (Å²) < 4.78 is 11.6. The summed E-state index contributed by atoms with van der Waals surface area (Å²) in [6.07, 6.45) is 1.61. The number of hydrogen-bond acceptors (Lipinski definition) is 4. The van der Waals surface area contributed by atoms with Crippen molar-refractivity contribution in [3.8, 4) is 0 Å². The van der Waals surface area contributed by atoms with Gasteiger partial charge in [0.25, 0.3) is 0 Å². The normalized spacial score (nSPS) is 11.9. The third kappa shape index (κ3) is 4.46. The zero-order valence-corrected chi connectivity index (χ0v) is 13.9. The predicted molar refractivity (Wildman–Crippen MR) is 91.0 cm³/mol. The second-order valence-electron chi connectivity index (χ2n) is 5.31. The van der Waals surface area contributed by atoms with Gasteiger partial charge in [-0.1, -0.05) is 0 Å². The van der Waals surface area contributed by atoms with E-state index in [1.54, 1.807) is 0 Å². The molecule has 2 aromatic heterocycles. The van der Waals surface area contributed by atoms with Crippen molar-refractivity contribution in [3.05, 3.63) is 47.3 Å². The standard InChI is InChI=1S/C16H21N3O2S/c1-10(18-19-16(17)22)4-7-13(14-8-5-11(2)20-14)15-9-6-12(3)21-15/h5-6,8-9,13H,4,7H2,1-3H3,(H3,17,19,22). The number of rotatable bonds is 6. The molecule has 0 fully saturated rings. The van der Waals surface area contributed by atoms with Crippen molar-refractivity contribution < 1.29 is 8.83 Å². The third-order valence-electron chi connectivity index (χ3n) is 3.36. The molecule has 0 saturated heterocycles. The Morgan fingerprint density at radius 2 is 1.73 bits per heavy atom. The number of furan rings is 2. The summed E-state index contributed by atoms with van der Waals surface area (Å²) >= 11 is 4.74. The molecule has 6 heteroatoms. The van der Waals surface area contributed by atoms with Crippen LogP contribution in [-0.2, 0) is 0 Å². The first kappa shape index (κ1) is 16.3. The van der Waals surface area contributed by atoms with Gasteiger partial charge in [0.05, 0.1) is 5.92 Å². The highest BCUT2D eigenvalue weighted by atomic mass is 32.1. The van der Waals surface area contributed by atoms with Gasteiger partial charge in [-0.2, -0.15) is 5.10 Å². The lowest BCUT2D eigenvalue weighted by molar-refractivity contribution is 0.400. The van der Waals surface area contributed by atoms with Gasteiger partial charge in [-0.05, 0) is 70.1 Å². The van der Waals surface area contributed by atoms with Gasteiger partial charge in [0, 0.05) is 5.71 Å². The van der Waals surface area contributed by atoms with Gasteiger partial charge in [0.15, 0.2) is 5.11 Å². The van der Waals surface area contributed by atoms with Crippen LogP contribution in [0.2, 0.25) is 0 Å². The molecule has 0 atom stereocenters. The van der Waals surface area contributed by atoms with Crippen molar-refractivity contribution in [1.29, 1.82) is 0 Å². The Labute approximate surface area is 135 Å². The predicted octanol–water partition coefficient (Wildman–Crippen LogP) is 3.61. The molecule has 118 valence electrons. The Bertz CT molecular complexity index is 632. The minimum Gasteiger partial charge on any atom is -0.466 e. The lowest BCUT2D eigenvalue weighted by Crippen LogP contribution is -2.25. The molecular formula is C16H21N3O2S. The fraction of sp³-hybridized carbons (Fsp3) is 0.375. The first-order valence-electron chi connectivity index (χ1n) is 7.17. The number of nitrogens with zero attached hydrogens (tertiary/aromatic N) is 1. The molecule has 0 spiro atoms. The zero-order chi connectivity index (χ0) is 16.1. The van der Waals surface area contributed by atoms with Gasteiger partial charge in [0.1, 0.15) is 23.0 Å². The van der Waals surface area contributed by atoms with Gasteiger partial charge in [0.2, 0.25) is 0 Å². The van der Waals surface area contributed by atoms with Crippen LogP contribution >= 0.6 is 12.2 Å². The summed E-state index contributed by atoms with van der Waals surface area (Å²) in [5.74, 6) is 3.66. The van der Waals surface area contributed by atoms with Crippen molar-refractivity contribution in [2.24, 2.45) is 10.8 Å². The number of nitrogens with one attached hydrogen (secondary N) is 1. The SMILES string of the molecule is CC(CCC(c1ccc(C)o1)c1ccc(C)o1)=NNC(N)=S. The van der Waals surface area contributed by atoms with Crippen molar-refractivity contribution in [1.82, 2.24) is 5.43 Å².